The average molecular weight is 645 g/mol. The maximum Gasteiger partial charge on any atom is 0.523 e. The Bertz CT molecular complexity index is 1750. The first-order valence-corrected chi connectivity index (χ1v) is 15.2. The van der Waals surface area contributed by atoms with E-state index in [0.29, 0.717) is 0 Å². The number of hydrogen-bond donors (Lipinski definition) is 0. The van der Waals surface area contributed by atoms with Crippen LogP contribution in [0.15, 0.2) is 104 Å². The Hall–Kier alpha value is -3.88. The van der Waals surface area contributed by atoms with Crippen molar-refractivity contribution in [3.05, 3.63) is 125 Å². The number of fused-ring (bicyclic) bond motifs is 1. The molecule has 0 unspecified atom stereocenters. The van der Waals surface area contributed by atoms with Gasteiger partial charge >= 0.3 is 15.6 Å². The van der Waals surface area contributed by atoms with E-state index in [1.807, 2.05) is 91.0 Å². The van der Waals surface area contributed by atoms with E-state index in [-0.39, 0.29) is 29.3 Å². The van der Waals surface area contributed by atoms with Crippen LogP contribution < -0.4 is 0 Å². The van der Waals surface area contributed by atoms with E-state index in [1.165, 1.54) is 10.9 Å². The topological polar surface area (TPSA) is 105 Å². The predicted octanol–water partition coefficient (Wildman–Crippen LogP) is 6.01. The van der Waals surface area contributed by atoms with Crippen LogP contribution >= 0.6 is 11.6 Å². The summed E-state index contributed by atoms with van der Waals surface area (Å²) in [7, 11) is -5.98. The van der Waals surface area contributed by atoms with Gasteiger partial charge in [0.15, 0.2) is 17.0 Å². The zero-order valence-corrected chi connectivity index (χ0v) is 24.3. The summed E-state index contributed by atoms with van der Waals surface area (Å²) in [6.45, 7) is -0.149. The Balaban J connectivity index is 1.38. The van der Waals surface area contributed by atoms with E-state index >= 15 is 0 Å². The summed E-state index contributed by atoms with van der Waals surface area (Å²) < 4.78 is 83.3. The summed E-state index contributed by atoms with van der Waals surface area (Å²) in [5.41, 5.74) is -4.11. The highest BCUT2D eigenvalue weighted by molar-refractivity contribution is 7.87. The monoisotopic (exact) mass is 644 g/mol. The average Bonchev–Trinajstić information content (AvgIpc) is 3.63. The van der Waals surface area contributed by atoms with Crippen molar-refractivity contribution >= 4 is 32.9 Å². The van der Waals surface area contributed by atoms with Crippen LogP contribution in [0.1, 0.15) is 29.3 Å². The van der Waals surface area contributed by atoms with Crippen LogP contribution in [0.25, 0.3) is 11.2 Å². The van der Waals surface area contributed by atoms with Gasteiger partial charge in [0, 0.05) is 6.42 Å². The molecule has 2 aromatic heterocycles. The number of hydrogen-bond acceptors (Lipinski definition) is 8. The molecule has 3 heterocycles. The molecule has 0 N–H and O–H groups in total. The molecule has 9 nitrogen and oxygen atoms in total. The molecule has 0 spiro atoms. The minimum atomic E-state index is -5.98. The first-order chi connectivity index (χ1) is 21.1. The molecule has 0 radical (unpaired) electrons. The summed E-state index contributed by atoms with van der Waals surface area (Å²) in [5, 5.41) is 0.00498. The minimum Gasteiger partial charge on any atom is -0.358 e. The highest BCUT2D eigenvalue weighted by Crippen LogP contribution is 2.43. The van der Waals surface area contributed by atoms with E-state index in [9.17, 15) is 21.6 Å². The minimum absolute atomic E-state index is 0.00498. The van der Waals surface area contributed by atoms with Crippen LogP contribution in [0.4, 0.5) is 13.2 Å². The highest BCUT2D eigenvalue weighted by atomic mass is 35.5. The molecule has 14 heteroatoms. The Labute approximate surface area is 255 Å². The first kappa shape index (κ1) is 30.2. The van der Waals surface area contributed by atoms with Crippen molar-refractivity contribution in [2.24, 2.45) is 0 Å². The van der Waals surface area contributed by atoms with Crippen LogP contribution in [0, 0.1) is 0 Å². The molecule has 228 valence electrons. The lowest BCUT2D eigenvalue weighted by Crippen LogP contribution is -2.36. The van der Waals surface area contributed by atoms with Crippen molar-refractivity contribution in [1.82, 2.24) is 19.5 Å². The quantitative estimate of drug-likeness (QED) is 0.0832. The second-order valence-corrected chi connectivity index (χ2v) is 11.9. The molecule has 1 fully saturated rings. The molecule has 3 aromatic carbocycles. The number of imidazole rings is 1. The van der Waals surface area contributed by atoms with E-state index in [4.69, 9.17) is 25.3 Å². The number of rotatable bonds is 9. The van der Waals surface area contributed by atoms with Crippen LogP contribution in [0.5, 0.6) is 0 Å². The molecule has 0 saturated carbocycles. The fraction of sp³-hybridized carbons (Fsp3) is 0.233. The smallest absolute Gasteiger partial charge is 0.358 e. The second-order valence-electron chi connectivity index (χ2n) is 10.00. The van der Waals surface area contributed by atoms with E-state index < -0.39 is 39.7 Å². The fourth-order valence-electron chi connectivity index (χ4n) is 5.37. The van der Waals surface area contributed by atoms with Gasteiger partial charge in [-0.1, -0.05) is 103 Å². The van der Waals surface area contributed by atoms with Gasteiger partial charge < -0.3 is 9.47 Å². The molecule has 1 aliphatic rings. The SMILES string of the molecule is O=S(=O)(O[C@@H]1C[C@@H](COC(c2ccccc2)(c2ccccc2)c2ccccc2)O[C@H]1n1cnc2c(Cl)ncnc21)C(F)(F)F. The third-order valence-electron chi connectivity index (χ3n) is 7.29. The lowest BCUT2D eigenvalue weighted by Gasteiger charge is -2.36. The van der Waals surface area contributed by atoms with Gasteiger partial charge in [0.2, 0.25) is 0 Å². The predicted molar refractivity (Wildman–Crippen MR) is 154 cm³/mol. The number of alkyl halides is 3. The molecule has 5 aromatic rings. The van der Waals surface area contributed by atoms with Gasteiger partial charge in [-0.15, -0.1) is 0 Å². The van der Waals surface area contributed by atoms with Gasteiger partial charge in [-0.2, -0.15) is 21.6 Å². The van der Waals surface area contributed by atoms with Gasteiger partial charge in [0.25, 0.3) is 0 Å². The largest absolute Gasteiger partial charge is 0.523 e. The standard InChI is InChI=1S/C30H24ClF3N4O5S/c31-26-25-27(36-18-35-26)38(19-37-25)28-24(43-44(39,40)30(32,33)34)16-23(42-28)17-41-29(20-10-4-1-5-11-20,21-12-6-2-7-13-21)22-14-8-3-9-15-22/h1-15,18-19,23-24,28H,16-17H2/t23-,24+,28+/m0/s1. The molecule has 0 aliphatic carbocycles. The summed E-state index contributed by atoms with van der Waals surface area (Å²) >= 11 is 6.12. The summed E-state index contributed by atoms with van der Waals surface area (Å²) in [5.74, 6) is 0. The lowest BCUT2D eigenvalue weighted by molar-refractivity contribution is -0.0873. The van der Waals surface area contributed by atoms with E-state index in [2.05, 4.69) is 15.0 Å². The second kappa shape index (κ2) is 11.9. The van der Waals surface area contributed by atoms with Gasteiger partial charge in [-0.05, 0) is 16.7 Å². The van der Waals surface area contributed by atoms with E-state index in [0.717, 1.165) is 23.0 Å². The third kappa shape index (κ3) is 5.57. The molecule has 0 amide bonds. The van der Waals surface area contributed by atoms with Crippen molar-refractivity contribution in [1.29, 1.82) is 0 Å². The van der Waals surface area contributed by atoms with Gasteiger partial charge in [0.1, 0.15) is 23.5 Å². The van der Waals surface area contributed by atoms with Crippen molar-refractivity contribution in [3.63, 3.8) is 0 Å². The molecule has 3 atom stereocenters. The molecule has 1 aliphatic heterocycles. The van der Waals surface area contributed by atoms with Crippen molar-refractivity contribution in [2.45, 2.75) is 36.0 Å². The number of aromatic nitrogens is 4. The Kier molecular flexibility index (Phi) is 8.16. The summed E-state index contributed by atoms with van der Waals surface area (Å²) in [6.07, 6.45) is -1.74. The van der Waals surface area contributed by atoms with Crippen molar-refractivity contribution in [3.8, 4) is 0 Å². The van der Waals surface area contributed by atoms with Crippen LogP contribution in [-0.2, 0) is 29.4 Å². The zero-order chi connectivity index (χ0) is 31.0. The molecule has 44 heavy (non-hydrogen) atoms. The Morgan fingerprint density at radius 3 is 1.93 bits per heavy atom. The summed E-state index contributed by atoms with van der Waals surface area (Å²) in [4.78, 5) is 12.1. The molecular formula is C30H24ClF3N4O5S. The fourth-order valence-corrected chi connectivity index (χ4v) is 6.15. The Morgan fingerprint density at radius 2 is 1.41 bits per heavy atom. The molecule has 0 bridgehead atoms. The van der Waals surface area contributed by atoms with Gasteiger partial charge in [0.05, 0.1) is 19.0 Å². The number of benzene rings is 3. The number of ether oxygens (including phenoxy) is 2. The number of halogens is 4. The van der Waals surface area contributed by atoms with E-state index in [1.54, 1.807) is 0 Å². The van der Waals surface area contributed by atoms with Crippen molar-refractivity contribution < 1.29 is 35.2 Å². The maximum atomic E-state index is 13.4. The normalized spacial score (nSPS) is 19.4. The Morgan fingerprint density at radius 1 is 0.864 bits per heavy atom. The van der Waals surface area contributed by atoms with Crippen LogP contribution in [-0.4, -0.2) is 52.3 Å². The molecule has 1 saturated heterocycles. The van der Waals surface area contributed by atoms with Gasteiger partial charge in [-0.3, -0.25) is 8.75 Å². The first-order valence-electron chi connectivity index (χ1n) is 13.4. The highest BCUT2D eigenvalue weighted by Gasteiger charge is 2.52. The maximum absolute atomic E-state index is 13.4. The lowest BCUT2D eigenvalue weighted by atomic mass is 9.80. The van der Waals surface area contributed by atoms with Crippen LogP contribution in [0.2, 0.25) is 5.15 Å². The van der Waals surface area contributed by atoms with Gasteiger partial charge in [-0.25, -0.2) is 15.0 Å². The number of nitrogens with zero attached hydrogens (tertiary/aromatic N) is 4. The third-order valence-corrected chi connectivity index (χ3v) is 8.64. The van der Waals surface area contributed by atoms with Crippen molar-refractivity contribution in [2.75, 3.05) is 6.61 Å². The molecular weight excluding hydrogens is 621 g/mol. The summed E-state index contributed by atoms with van der Waals surface area (Å²) in [6, 6.07) is 28.4. The molecule has 6 rings (SSSR count). The zero-order valence-electron chi connectivity index (χ0n) is 22.7. The van der Waals surface area contributed by atoms with Crippen LogP contribution in [0.3, 0.4) is 0 Å².